The first-order valence-corrected chi connectivity index (χ1v) is 8.79. The van der Waals surface area contributed by atoms with E-state index in [1.807, 2.05) is 60.7 Å². The minimum Gasteiger partial charge on any atom is -0.396 e. The highest BCUT2D eigenvalue weighted by molar-refractivity contribution is 5.93. The van der Waals surface area contributed by atoms with E-state index in [9.17, 15) is 4.79 Å². The quantitative estimate of drug-likeness (QED) is 0.656. The Bertz CT molecular complexity index is 816. The van der Waals surface area contributed by atoms with Crippen LogP contribution in [0.5, 0.6) is 0 Å². The van der Waals surface area contributed by atoms with E-state index in [-0.39, 0.29) is 18.6 Å². The van der Waals surface area contributed by atoms with Crippen LogP contribution in [-0.2, 0) is 6.54 Å². The van der Waals surface area contributed by atoms with Crippen LogP contribution in [0.1, 0.15) is 40.4 Å². The van der Waals surface area contributed by atoms with Gasteiger partial charge >= 0.3 is 0 Å². The summed E-state index contributed by atoms with van der Waals surface area (Å²) < 4.78 is 1.76. The van der Waals surface area contributed by atoms with Crippen LogP contribution < -0.4 is 5.32 Å². The average Bonchev–Trinajstić information content (AvgIpc) is 3.15. The Labute approximate surface area is 153 Å². The molecule has 0 aliphatic heterocycles. The summed E-state index contributed by atoms with van der Waals surface area (Å²) in [4.78, 5) is 12.6. The molecule has 2 N–H and O–H groups in total. The van der Waals surface area contributed by atoms with Gasteiger partial charge < -0.3 is 10.4 Å². The monoisotopic (exact) mass is 349 g/mol. The van der Waals surface area contributed by atoms with E-state index in [1.165, 1.54) is 0 Å². The van der Waals surface area contributed by atoms with Crippen molar-refractivity contribution in [1.82, 2.24) is 15.1 Å². The minimum atomic E-state index is -0.156. The van der Waals surface area contributed by atoms with Crippen molar-refractivity contribution in [3.8, 4) is 0 Å². The number of amides is 1. The van der Waals surface area contributed by atoms with Crippen LogP contribution in [0.4, 0.5) is 0 Å². The second-order valence-corrected chi connectivity index (χ2v) is 6.21. The summed E-state index contributed by atoms with van der Waals surface area (Å²) in [7, 11) is 0. The zero-order valence-corrected chi connectivity index (χ0v) is 14.6. The first-order valence-electron chi connectivity index (χ1n) is 8.79. The van der Waals surface area contributed by atoms with E-state index < -0.39 is 0 Å². The number of carbonyl (C=O) groups is 1. The van der Waals surface area contributed by atoms with Crippen LogP contribution in [-0.4, -0.2) is 27.4 Å². The molecule has 0 saturated carbocycles. The normalized spacial score (nSPS) is 11.9. The highest BCUT2D eigenvalue weighted by atomic mass is 16.3. The number of nitrogens with zero attached hydrogens (tertiary/aromatic N) is 2. The summed E-state index contributed by atoms with van der Waals surface area (Å²) >= 11 is 0. The largest absolute Gasteiger partial charge is 0.396 e. The lowest BCUT2D eigenvalue weighted by Gasteiger charge is -2.18. The zero-order chi connectivity index (χ0) is 18.2. The summed E-state index contributed by atoms with van der Waals surface area (Å²) in [5.41, 5.74) is 2.70. The van der Waals surface area contributed by atoms with Gasteiger partial charge in [-0.2, -0.15) is 5.10 Å². The second kappa shape index (κ2) is 8.97. The van der Waals surface area contributed by atoms with E-state index in [4.69, 9.17) is 5.11 Å². The summed E-state index contributed by atoms with van der Waals surface area (Å²) in [6.07, 6.45) is 4.67. The topological polar surface area (TPSA) is 67.2 Å². The second-order valence-electron chi connectivity index (χ2n) is 6.21. The van der Waals surface area contributed by atoms with Crippen LogP contribution in [0.15, 0.2) is 73.1 Å². The van der Waals surface area contributed by atoms with Crippen molar-refractivity contribution in [2.45, 2.75) is 25.4 Å². The third kappa shape index (κ3) is 4.80. The van der Waals surface area contributed by atoms with Gasteiger partial charge in [0.25, 0.3) is 5.91 Å². The molecule has 1 unspecified atom stereocenters. The van der Waals surface area contributed by atoms with Crippen LogP contribution in [0.3, 0.4) is 0 Å². The third-order valence-corrected chi connectivity index (χ3v) is 4.24. The van der Waals surface area contributed by atoms with E-state index in [0.29, 0.717) is 24.9 Å². The zero-order valence-electron chi connectivity index (χ0n) is 14.6. The van der Waals surface area contributed by atoms with Gasteiger partial charge in [0.2, 0.25) is 0 Å². The number of hydrogen-bond acceptors (Lipinski definition) is 3. The molecule has 2 aromatic carbocycles. The van der Waals surface area contributed by atoms with Crippen molar-refractivity contribution in [2.24, 2.45) is 0 Å². The number of hydrogen-bond donors (Lipinski definition) is 2. The molecule has 0 radical (unpaired) electrons. The van der Waals surface area contributed by atoms with Gasteiger partial charge in [0.05, 0.1) is 24.3 Å². The van der Waals surface area contributed by atoms with Gasteiger partial charge in [0, 0.05) is 12.8 Å². The maximum atomic E-state index is 12.6. The van der Waals surface area contributed by atoms with Gasteiger partial charge in [0.15, 0.2) is 0 Å². The molecule has 1 atom stereocenters. The number of aliphatic hydroxyl groups is 1. The Morgan fingerprint density at radius 3 is 2.46 bits per heavy atom. The molecule has 5 heteroatoms. The first-order chi connectivity index (χ1) is 12.8. The highest BCUT2D eigenvalue weighted by Gasteiger charge is 2.16. The van der Waals surface area contributed by atoms with Gasteiger partial charge in [-0.25, -0.2) is 0 Å². The predicted octanol–water partition coefficient (Wildman–Crippen LogP) is 3.18. The van der Waals surface area contributed by atoms with Crippen molar-refractivity contribution in [3.63, 3.8) is 0 Å². The fourth-order valence-corrected chi connectivity index (χ4v) is 2.88. The molecule has 0 fully saturated rings. The number of nitrogens with one attached hydrogen (secondary N) is 1. The Balaban J connectivity index is 1.67. The molecule has 3 aromatic rings. The highest BCUT2D eigenvalue weighted by Crippen LogP contribution is 2.19. The van der Waals surface area contributed by atoms with Crippen molar-refractivity contribution in [3.05, 3.63) is 89.7 Å². The predicted molar refractivity (Wildman–Crippen MR) is 101 cm³/mol. The molecule has 3 rings (SSSR count). The fraction of sp³-hybridized carbons (Fsp3) is 0.238. The summed E-state index contributed by atoms with van der Waals surface area (Å²) in [6, 6.07) is 19.7. The molecular formula is C21H23N3O2. The molecule has 0 saturated heterocycles. The molecule has 0 bridgehead atoms. The van der Waals surface area contributed by atoms with E-state index in [2.05, 4.69) is 10.4 Å². The molecule has 1 aromatic heterocycles. The maximum Gasteiger partial charge on any atom is 0.254 e. The molecular weight excluding hydrogens is 326 g/mol. The Kier molecular flexibility index (Phi) is 6.17. The minimum absolute atomic E-state index is 0.105. The molecule has 26 heavy (non-hydrogen) atoms. The summed E-state index contributed by atoms with van der Waals surface area (Å²) in [6.45, 7) is 0.731. The first kappa shape index (κ1) is 17.9. The summed E-state index contributed by atoms with van der Waals surface area (Å²) in [5, 5.41) is 16.5. The Hall–Kier alpha value is -2.92. The van der Waals surface area contributed by atoms with Crippen LogP contribution in [0, 0.1) is 0 Å². The molecule has 5 nitrogen and oxygen atoms in total. The van der Waals surface area contributed by atoms with Gasteiger partial charge in [-0.15, -0.1) is 0 Å². The summed E-state index contributed by atoms with van der Waals surface area (Å²) in [5.74, 6) is -0.156. The third-order valence-electron chi connectivity index (χ3n) is 4.24. The van der Waals surface area contributed by atoms with Crippen LogP contribution in [0.25, 0.3) is 0 Å². The Morgan fingerprint density at radius 2 is 1.77 bits per heavy atom. The van der Waals surface area contributed by atoms with Crippen LogP contribution in [0.2, 0.25) is 0 Å². The lowest BCUT2D eigenvalue weighted by molar-refractivity contribution is 0.0932. The van der Waals surface area contributed by atoms with Crippen molar-refractivity contribution < 1.29 is 9.90 Å². The van der Waals surface area contributed by atoms with Crippen molar-refractivity contribution in [1.29, 1.82) is 0 Å². The van der Waals surface area contributed by atoms with Gasteiger partial charge in [-0.05, 0) is 24.0 Å². The molecule has 1 amide bonds. The van der Waals surface area contributed by atoms with E-state index >= 15 is 0 Å². The lowest BCUT2D eigenvalue weighted by atomic mass is 10.0. The number of aromatic nitrogens is 2. The molecule has 1 heterocycles. The number of rotatable bonds is 8. The maximum absolute atomic E-state index is 12.6. The number of carbonyl (C=O) groups excluding carboxylic acids is 1. The van der Waals surface area contributed by atoms with Crippen LogP contribution >= 0.6 is 0 Å². The fourth-order valence-electron chi connectivity index (χ4n) is 2.88. The molecule has 0 spiro atoms. The number of benzene rings is 2. The van der Waals surface area contributed by atoms with Gasteiger partial charge in [-0.1, -0.05) is 60.7 Å². The number of aliphatic hydroxyl groups excluding tert-OH is 1. The lowest BCUT2D eigenvalue weighted by Crippen LogP contribution is -2.28. The van der Waals surface area contributed by atoms with Gasteiger partial charge in [0.1, 0.15) is 0 Å². The average molecular weight is 349 g/mol. The smallest absolute Gasteiger partial charge is 0.254 e. The van der Waals surface area contributed by atoms with E-state index in [1.54, 1.807) is 17.1 Å². The van der Waals surface area contributed by atoms with Crippen molar-refractivity contribution in [2.75, 3.05) is 6.61 Å². The molecule has 0 aliphatic carbocycles. The molecule has 134 valence electrons. The SMILES string of the molecule is O=C(NC(CCCO)c1ccccc1)c1cnn(Cc2ccccc2)c1. The van der Waals surface area contributed by atoms with Crippen molar-refractivity contribution >= 4 is 5.91 Å². The van der Waals surface area contributed by atoms with Gasteiger partial charge in [-0.3, -0.25) is 9.48 Å². The standard InChI is InChI=1S/C21H23N3O2/c25-13-7-12-20(18-10-5-2-6-11-18)23-21(26)19-14-22-24(16-19)15-17-8-3-1-4-9-17/h1-6,8-11,14,16,20,25H,7,12-13,15H2,(H,23,26). The van der Waals surface area contributed by atoms with E-state index in [0.717, 1.165) is 11.1 Å². The Morgan fingerprint density at radius 1 is 1.08 bits per heavy atom. The molecule has 0 aliphatic rings.